The van der Waals surface area contributed by atoms with E-state index in [0.717, 1.165) is 12.0 Å². The van der Waals surface area contributed by atoms with Gasteiger partial charge < -0.3 is 10.8 Å². The van der Waals surface area contributed by atoms with E-state index in [9.17, 15) is 13.5 Å². The van der Waals surface area contributed by atoms with Gasteiger partial charge in [0.2, 0.25) is 10.0 Å². The number of aliphatic hydroxyl groups is 1. The van der Waals surface area contributed by atoms with Crippen molar-refractivity contribution in [2.75, 3.05) is 18.8 Å². The van der Waals surface area contributed by atoms with Gasteiger partial charge in [0, 0.05) is 18.8 Å². The minimum absolute atomic E-state index is 0.168. The minimum Gasteiger partial charge on any atom is -0.398 e. The fourth-order valence-corrected chi connectivity index (χ4v) is 4.47. The van der Waals surface area contributed by atoms with Crippen LogP contribution in [0.2, 0.25) is 0 Å². The Morgan fingerprint density at radius 2 is 2.05 bits per heavy atom. The highest BCUT2D eigenvalue weighted by Gasteiger charge is 2.33. The van der Waals surface area contributed by atoms with Crippen LogP contribution in [0.15, 0.2) is 17.0 Å². The van der Waals surface area contributed by atoms with E-state index in [0.29, 0.717) is 35.5 Å². The number of nitrogens with two attached hydrogens (primary N) is 1. The molecule has 0 radical (unpaired) electrons. The lowest BCUT2D eigenvalue weighted by Gasteiger charge is -2.20. The smallest absolute Gasteiger partial charge is 0.243 e. The molecule has 1 aliphatic rings. The van der Waals surface area contributed by atoms with Crippen LogP contribution in [0.4, 0.5) is 5.69 Å². The van der Waals surface area contributed by atoms with E-state index in [2.05, 4.69) is 0 Å². The second-order valence-electron chi connectivity index (χ2n) is 5.17. The van der Waals surface area contributed by atoms with E-state index in [4.69, 9.17) is 5.73 Å². The number of aliphatic hydroxyl groups excluding tert-OH is 1. The lowest BCUT2D eigenvalue weighted by Crippen LogP contribution is -2.30. The molecule has 5 nitrogen and oxygen atoms in total. The molecule has 0 aromatic heterocycles. The number of benzene rings is 1. The molecular weight excluding hydrogens is 276 g/mol. The summed E-state index contributed by atoms with van der Waals surface area (Å²) in [6.45, 7) is 4.40. The van der Waals surface area contributed by atoms with Gasteiger partial charge in [-0.2, -0.15) is 4.31 Å². The highest BCUT2D eigenvalue weighted by atomic mass is 32.2. The molecule has 1 atom stereocenters. The molecule has 0 amide bonds. The Labute approximate surface area is 120 Å². The van der Waals surface area contributed by atoms with Gasteiger partial charge in [0.05, 0.1) is 11.0 Å². The zero-order chi connectivity index (χ0) is 14.9. The van der Waals surface area contributed by atoms with Crippen molar-refractivity contribution in [3.63, 3.8) is 0 Å². The summed E-state index contributed by atoms with van der Waals surface area (Å²) in [5, 5.41) is 9.56. The average molecular weight is 298 g/mol. The molecule has 0 aliphatic carbocycles. The third kappa shape index (κ3) is 2.68. The lowest BCUT2D eigenvalue weighted by molar-refractivity contribution is 0.189. The van der Waals surface area contributed by atoms with Crippen LogP contribution < -0.4 is 5.73 Å². The molecule has 1 aromatic rings. The molecule has 1 saturated heterocycles. The molecule has 20 heavy (non-hydrogen) atoms. The van der Waals surface area contributed by atoms with Gasteiger partial charge in [0.25, 0.3) is 0 Å². The molecule has 1 heterocycles. The lowest BCUT2D eigenvalue weighted by atomic mass is 10.1. The zero-order valence-corrected chi connectivity index (χ0v) is 12.8. The van der Waals surface area contributed by atoms with E-state index in [1.807, 2.05) is 19.9 Å². The third-order valence-corrected chi connectivity index (χ3v) is 5.74. The van der Waals surface area contributed by atoms with E-state index in [1.165, 1.54) is 4.31 Å². The summed E-state index contributed by atoms with van der Waals surface area (Å²) in [5.74, 6) is 0. The van der Waals surface area contributed by atoms with Crippen molar-refractivity contribution in [3.8, 4) is 0 Å². The van der Waals surface area contributed by atoms with E-state index in [-0.39, 0.29) is 6.54 Å². The highest BCUT2D eigenvalue weighted by Crippen LogP contribution is 2.29. The molecule has 0 spiro atoms. The van der Waals surface area contributed by atoms with Gasteiger partial charge in [-0.3, -0.25) is 0 Å². The molecular formula is C14H22N2O3S. The Balaban J connectivity index is 2.52. The monoisotopic (exact) mass is 298 g/mol. The zero-order valence-electron chi connectivity index (χ0n) is 12.0. The highest BCUT2D eigenvalue weighted by molar-refractivity contribution is 7.89. The van der Waals surface area contributed by atoms with Gasteiger partial charge in [0.15, 0.2) is 0 Å². The number of hydrogen-bond donors (Lipinski definition) is 2. The predicted molar refractivity (Wildman–Crippen MR) is 79.0 cm³/mol. The molecule has 112 valence electrons. The van der Waals surface area contributed by atoms with Gasteiger partial charge in [-0.05, 0) is 42.5 Å². The number of nitrogen functional groups attached to an aromatic ring is 1. The number of anilines is 1. The Bertz CT molecular complexity index is 599. The van der Waals surface area contributed by atoms with Gasteiger partial charge in [-0.1, -0.05) is 13.8 Å². The van der Waals surface area contributed by atoms with Crippen LogP contribution in [-0.4, -0.2) is 37.0 Å². The molecule has 3 N–H and O–H groups in total. The van der Waals surface area contributed by atoms with Gasteiger partial charge in [0.1, 0.15) is 0 Å². The van der Waals surface area contributed by atoms with Gasteiger partial charge >= 0.3 is 0 Å². The first-order valence-electron chi connectivity index (χ1n) is 6.99. The number of β-amino-alcohol motifs (C(OH)–C–C–N with tert-alkyl or cyclic N) is 1. The van der Waals surface area contributed by atoms with Gasteiger partial charge in [-0.15, -0.1) is 0 Å². The summed E-state index contributed by atoms with van der Waals surface area (Å²) in [7, 11) is -3.58. The summed E-state index contributed by atoms with van der Waals surface area (Å²) in [6, 6.07) is 3.56. The van der Waals surface area contributed by atoms with Crippen molar-refractivity contribution in [1.29, 1.82) is 0 Å². The SMILES string of the molecule is CCc1cc(N)c(CC)c(S(=O)(=O)N2CCC(O)C2)c1. The van der Waals surface area contributed by atoms with Crippen LogP contribution in [0.25, 0.3) is 0 Å². The molecule has 0 bridgehead atoms. The fraction of sp³-hybridized carbons (Fsp3) is 0.571. The van der Waals surface area contributed by atoms with Crippen LogP contribution in [0.1, 0.15) is 31.4 Å². The number of rotatable bonds is 4. The van der Waals surface area contributed by atoms with Crippen LogP contribution in [0.3, 0.4) is 0 Å². The van der Waals surface area contributed by atoms with Gasteiger partial charge in [-0.25, -0.2) is 8.42 Å². The quantitative estimate of drug-likeness (QED) is 0.817. The normalized spacial score (nSPS) is 20.4. The van der Waals surface area contributed by atoms with E-state index < -0.39 is 16.1 Å². The molecule has 1 fully saturated rings. The summed E-state index contributed by atoms with van der Waals surface area (Å²) in [5.41, 5.74) is 8.12. The van der Waals surface area contributed by atoms with Crippen LogP contribution >= 0.6 is 0 Å². The largest absolute Gasteiger partial charge is 0.398 e. The first-order valence-corrected chi connectivity index (χ1v) is 8.43. The van der Waals surface area contributed by atoms with Crippen LogP contribution in [0.5, 0.6) is 0 Å². The third-order valence-electron chi connectivity index (χ3n) is 3.81. The van der Waals surface area contributed by atoms with E-state index in [1.54, 1.807) is 6.07 Å². The molecule has 2 rings (SSSR count). The number of sulfonamides is 1. The maximum Gasteiger partial charge on any atom is 0.243 e. The van der Waals surface area contributed by atoms with Crippen LogP contribution in [-0.2, 0) is 22.9 Å². The second-order valence-corrected chi connectivity index (χ2v) is 7.08. The Morgan fingerprint density at radius 3 is 2.55 bits per heavy atom. The molecule has 1 aromatic carbocycles. The Morgan fingerprint density at radius 1 is 1.35 bits per heavy atom. The number of hydrogen-bond acceptors (Lipinski definition) is 4. The second kappa shape index (κ2) is 5.71. The summed E-state index contributed by atoms with van der Waals surface area (Å²) < 4.78 is 26.8. The Kier molecular flexibility index (Phi) is 4.36. The summed E-state index contributed by atoms with van der Waals surface area (Å²) in [6.07, 6.45) is 1.23. The minimum atomic E-state index is -3.58. The molecule has 0 saturated carbocycles. The molecule has 6 heteroatoms. The first kappa shape index (κ1) is 15.3. The average Bonchev–Trinajstić information content (AvgIpc) is 2.85. The summed E-state index contributed by atoms with van der Waals surface area (Å²) >= 11 is 0. The van der Waals surface area contributed by atoms with Crippen molar-refractivity contribution in [2.45, 2.75) is 44.1 Å². The fourth-order valence-electron chi connectivity index (χ4n) is 2.61. The van der Waals surface area contributed by atoms with Crippen LogP contribution in [0, 0.1) is 0 Å². The maximum absolute atomic E-state index is 12.7. The van der Waals surface area contributed by atoms with Crippen molar-refractivity contribution >= 4 is 15.7 Å². The van der Waals surface area contributed by atoms with Crippen molar-refractivity contribution in [3.05, 3.63) is 23.3 Å². The first-order chi connectivity index (χ1) is 9.40. The number of aryl methyl sites for hydroxylation is 1. The molecule has 1 aliphatic heterocycles. The predicted octanol–water partition coefficient (Wildman–Crippen LogP) is 1.15. The standard InChI is InChI=1S/C14H22N2O3S/c1-3-10-7-13(15)12(4-2)14(8-10)20(18,19)16-6-5-11(17)9-16/h7-8,11,17H,3-6,9,15H2,1-2H3. The van der Waals surface area contributed by atoms with Crippen molar-refractivity contribution < 1.29 is 13.5 Å². The summed E-state index contributed by atoms with van der Waals surface area (Å²) in [4.78, 5) is 0.297. The van der Waals surface area contributed by atoms with E-state index >= 15 is 0 Å². The molecule has 1 unspecified atom stereocenters. The topological polar surface area (TPSA) is 83.6 Å². The van der Waals surface area contributed by atoms with Crippen molar-refractivity contribution in [2.24, 2.45) is 0 Å². The Hall–Kier alpha value is -1.11. The number of nitrogens with zero attached hydrogens (tertiary/aromatic N) is 1. The maximum atomic E-state index is 12.7. The van der Waals surface area contributed by atoms with Crippen molar-refractivity contribution in [1.82, 2.24) is 4.31 Å².